The first-order valence-corrected chi connectivity index (χ1v) is 10.9. The number of rotatable bonds is 12. The second-order valence-corrected chi connectivity index (χ2v) is 7.72. The van der Waals surface area contributed by atoms with E-state index in [4.69, 9.17) is 4.42 Å². The van der Waals surface area contributed by atoms with Crippen LogP contribution in [0.15, 0.2) is 47.1 Å². The van der Waals surface area contributed by atoms with Crippen LogP contribution in [-0.2, 0) is 20.9 Å². The van der Waals surface area contributed by atoms with Gasteiger partial charge in [-0.3, -0.25) is 14.4 Å². The molecule has 7 nitrogen and oxygen atoms in total. The van der Waals surface area contributed by atoms with Crippen molar-refractivity contribution in [2.45, 2.75) is 53.0 Å². The Balaban J connectivity index is 1.94. The van der Waals surface area contributed by atoms with Gasteiger partial charge in [0.1, 0.15) is 12.3 Å². The number of hydrogen-bond donors (Lipinski definition) is 2. The quantitative estimate of drug-likeness (QED) is 0.538. The van der Waals surface area contributed by atoms with Crippen LogP contribution in [0.25, 0.3) is 0 Å². The highest BCUT2D eigenvalue weighted by Crippen LogP contribution is 2.18. The van der Waals surface area contributed by atoms with Crippen molar-refractivity contribution < 1.29 is 18.8 Å². The van der Waals surface area contributed by atoms with Crippen molar-refractivity contribution in [1.82, 2.24) is 10.2 Å². The summed E-state index contributed by atoms with van der Waals surface area (Å²) in [6, 6.07) is 11.0. The third-order valence-electron chi connectivity index (χ3n) is 5.07. The molecule has 0 aliphatic carbocycles. The number of furan rings is 1. The Kier molecular flexibility index (Phi) is 9.81. The highest BCUT2D eigenvalue weighted by molar-refractivity contribution is 5.95. The summed E-state index contributed by atoms with van der Waals surface area (Å²) in [7, 11) is 0. The maximum Gasteiger partial charge on any atom is 0.243 e. The van der Waals surface area contributed by atoms with Crippen LogP contribution in [0.1, 0.15) is 50.9 Å². The molecule has 0 aliphatic heterocycles. The molecule has 7 heteroatoms. The number of benzene rings is 1. The Morgan fingerprint density at radius 1 is 1.10 bits per heavy atom. The van der Waals surface area contributed by atoms with Crippen molar-refractivity contribution in [2.24, 2.45) is 5.92 Å². The molecular weight excluding hydrogens is 394 g/mol. The zero-order chi connectivity index (χ0) is 22.6. The van der Waals surface area contributed by atoms with Gasteiger partial charge in [-0.25, -0.2) is 0 Å². The van der Waals surface area contributed by atoms with E-state index in [1.54, 1.807) is 24.5 Å². The fourth-order valence-electron chi connectivity index (χ4n) is 3.35. The molecule has 2 rings (SSSR count). The molecule has 1 atom stereocenters. The topological polar surface area (TPSA) is 91.7 Å². The van der Waals surface area contributed by atoms with Gasteiger partial charge in [-0.1, -0.05) is 38.8 Å². The fourth-order valence-corrected chi connectivity index (χ4v) is 3.35. The molecule has 0 saturated heterocycles. The van der Waals surface area contributed by atoms with Crippen molar-refractivity contribution >= 4 is 23.4 Å². The SMILES string of the molecule is CCCC[C@@H](CC)C(=O)N(CC(=O)NCC(=O)Nc1cccc(C)c1)Cc1ccco1. The van der Waals surface area contributed by atoms with Gasteiger partial charge in [0.15, 0.2) is 0 Å². The molecule has 0 fully saturated rings. The highest BCUT2D eigenvalue weighted by atomic mass is 16.3. The minimum atomic E-state index is -0.385. The Bertz CT molecular complexity index is 848. The van der Waals surface area contributed by atoms with Gasteiger partial charge in [0.25, 0.3) is 0 Å². The van der Waals surface area contributed by atoms with E-state index in [0.717, 1.165) is 24.8 Å². The lowest BCUT2D eigenvalue weighted by Gasteiger charge is -2.26. The van der Waals surface area contributed by atoms with Crippen LogP contribution in [-0.4, -0.2) is 35.7 Å². The maximum absolute atomic E-state index is 13.1. The molecule has 0 unspecified atom stereocenters. The van der Waals surface area contributed by atoms with Crippen LogP contribution in [0.5, 0.6) is 0 Å². The molecular formula is C24H33N3O4. The summed E-state index contributed by atoms with van der Waals surface area (Å²) in [6.07, 6.45) is 5.03. The first-order chi connectivity index (χ1) is 14.9. The number of anilines is 1. The molecule has 168 valence electrons. The second-order valence-electron chi connectivity index (χ2n) is 7.72. The number of carbonyl (C=O) groups excluding carboxylic acids is 3. The van der Waals surface area contributed by atoms with Gasteiger partial charge in [-0.15, -0.1) is 0 Å². The Labute approximate surface area is 184 Å². The van der Waals surface area contributed by atoms with Gasteiger partial charge in [-0.2, -0.15) is 0 Å². The van der Waals surface area contributed by atoms with Crippen molar-refractivity contribution in [2.75, 3.05) is 18.4 Å². The standard InChI is InChI=1S/C24H33N3O4/c1-4-6-10-19(5-2)24(30)27(16-21-12-8-13-31-21)17-23(29)25-15-22(28)26-20-11-7-9-18(3)14-20/h7-9,11-14,19H,4-6,10,15-17H2,1-3H3,(H,25,29)(H,26,28)/t19-/m1/s1. The lowest BCUT2D eigenvalue weighted by Crippen LogP contribution is -2.44. The number of nitrogens with one attached hydrogen (secondary N) is 2. The van der Waals surface area contributed by atoms with Gasteiger partial charge in [0.05, 0.1) is 19.4 Å². The molecule has 0 radical (unpaired) electrons. The smallest absolute Gasteiger partial charge is 0.243 e. The van der Waals surface area contributed by atoms with Crippen LogP contribution in [0, 0.1) is 12.8 Å². The molecule has 0 spiro atoms. The molecule has 1 heterocycles. The molecule has 31 heavy (non-hydrogen) atoms. The molecule has 1 aromatic carbocycles. The normalized spacial score (nSPS) is 11.6. The number of carbonyl (C=O) groups is 3. The fraction of sp³-hybridized carbons (Fsp3) is 0.458. The number of hydrogen-bond acceptors (Lipinski definition) is 4. The van der Waals surface area contributed by atoms with E-state index in [9.17, 15) is 14.4 Å². The summed E-state index contributed by atoms with van der Waals surface area (Å²) in [4.78, 5) is 39.3. The van der Waals surface area contributed by atoms with Crippen LogP contribution >= 0.6 is 0 Å². The van der Waals surface area contributed by atoms with Crippen LogP contribution in [0.3, 0.4) is 0 Å². The number of aryl methyl sites for hydroxylation is 1. The van der Waals surface area contributed by atoms with Gasteiger partial charge >= 0.3 is 0 Å². The summed E-state index contributed by atoms with van der Waals surface area (Å²) in [6.45, 7) is 5.94. The molecule has 3 amide bonds. The van der Waals surface area contributed by atoms with Crippen molar-refractivity contribution in [3.05, 3.63) is 54.0 Å². The van der Waals surface area contributed by atoms with Gasteiger partial charge in [-0.05, 0) is 49.6 Å². The Morgan fingerprint density at radius 2 is 1.90 bits per heavy atom. The minimum Gasteiger partial charge on any atom is -0.467 e. The number of amides is 3. The average molecular weight is 428 g/mol. The van der Waals surface area contributed by atoms with E-state index in [1.807, 2.05) is 32.0 Å². The third kappa shape index (κ3) is 8.28. The summed E-state index contributed by atoms with van der Waals surface area (Å²) in [5, 5.41) is 5.36. The molecule has 2 N–H and O–H groups in total. The van der Waals surface area contributed by atoms with Crippen LogP contribution in [0.4, 0.5) is 5.69 Å². The zero-order valence-electron chi connectivity index (χ0n) is 18.6. The first kappa shape index (κ1) is 24.2. The largest absolute Gasteiger partial charge is 0.467 e. The Hall–Kier alpha value is -3.09. The lowest BCUT2D eigenvalue weighted by atomic mass is 9.97. The summed E-state index contributed by atoms with van der Waals surface area (Å²) >= 11 is 0. The summed E-state index contributed by atoms with van der Waals surface area (Å²) < 4.78 is 5.37. The van der Waals surface area contributed by atoms with Gasteiger partial charge in [0, 0.05) is 11.6 Å². The van der Waals surface area contributed by atoms with Gasteiger partial charge in [0.2, 0.25) is 17.7 Å². The van der Waals surface area contributed by atoms with E-state index in [1.165, 1.54) is 4.90 Å². The van der Waals surface area contributed by atoms with Crippen molar-refractivity contribution in [3.63, 3.8) is 0 Å². The first-order valence-electron chi connectivity index (χ1n) is 10.9. The summed E-state index contributed by atoms with van der Waals surface area (Å²) in [5.41, 5.74) is 1.71. The van der Waals surface area contributed by atoms with Gasteiger partial charge < -0.3 is 20.0 Å². The second kappa shape index (κ2) is 12.6. The predicted molar refractivity (Wildman–Crippen MR) is 120 cm³/mol. The predicted octanol–water partition coefficient (Wildman–Crippen LogP) is 3.89. The van der Waals surface area contributed by atoms with E-state index in [-0.39, 0.29) is 43.3 Å². The minimum absolute atomic E-state index is 0.0632. The number of unbranched alkanes of at least 4 members (excludes halogenated alkanes) is 1. The highest BCUT2D eigenvalue weighted by Gasteiger charge is 2.25. The monoisotopic (exact) mass is 427 g/mol. The van der Waals surface area contributed by atoms with E-state index < -0.39 is 0 Å². The lowest BCUT2D eigenvalue weighted by molar-refractivity contribution is -0.140. The van der Waals surface area contributed by atoms with Crippen LogP contribution < -0.4 is 10.6 Å². The summed E-state index contributed by atoms with van der Waals surface area (Å²) in [5.74, 6) is -0.287. The van der Waals surface area contributed by atoms with E-state index in [2.05, 4.69) is 17.6 Å². The maximum atomic E-state index is 13.1. The van der Waals surface area contributed by atoms with Crippen molar-refractivity contribution in [1.29, 1.82) is 0 Å². The van der Waals surface area contributed by atoms with Crippen LogP contribution in [0.2, 0.25) is 0 Å². The average Bonchev–Trinajstić information content (AvgIpc) is 3.25. The van der Waals surface area contributed by atoms with Crippen molar-refractivity contribution in [3.8, 4) is 0 Å². The van der Waals surface area contributed by atoms with E-state index in [0.29, 0.717) is 17.9 Å². The zero-order valence-corrected chi connectivity index (χ0v) is 18.6. The molecule has 2 aromatic rings. The third-order valence-corrected chi connectivity index (χ3v) is 5.07. The molecule has 0 aliphatic rings. The molecule has 0 saturated carbocycles. The van der Waals surface area contributed by atoms with E-state index >= 15 is 0 Å². The molecule has 1 aromatic heterocycles. The Morgan fingerprint density at radius 3 is 2.55 bits per heavy atom. The number of nitrogens with zero attached hydrogens (tertiary/aromatic N) is 1. The molecule has 0 bridgehead atoms.